The Hall–Kier alpha value is -0.870. The van der Waals surface area contributed by atoms with E-state index in [4.69, 9.17) is 0 Å². The van der Waals surface area contributed by atoms with Crippen molar-refractivity contribution in [1.82, 2.24) is 4.90 Å². The Kier molecular flexibility index (Phi) is 3.30. The van der Waals surface area contributed by atoms with Crippen molar-refractivity contribution in [3.05, 3.63) is 21.9 Å². The molecule has 0 unspecified atom stereocenters. The molecule has 1 saturated carbocycles. The van der Waals surface area contributed by atoms with Gasteiger partial charge in [0, 0.05) is 13.6 Å². The molecule has 1 aromatic heterocycles. The fraction of sp³-hybridized carbons (Fsp3) is 0.583. The molecule has 1 amide bonds. The van der Waals surface area contributed by atoms with Crippen LogP contribution >= 0.6 is 11.3 Å². The number of aliphatic hydroxyl groups excluding tert-OH is 1. The fourth-order valence-corrected chi connectivity index (χ4v) is 3.00. The van der Waals surface area contributed by atoms with Gasteiger partial charge >= 0.3 is 0 Å². The van der Waals surface area contributed by atoms with E-state index in [9.17, 15) is 9.90 Å². The first kappa shape index (κ1) is 11.6. The number of nitrogens with zero attached hydrogens (tertiary/aromatic N) is 1. The van der Waals surface area contributed by atoms with Gasteiger partial charge in [0.15, 0.2) is 0 Å². The van der Waals surface area contributed by atoms with E-state index >= 15 is 0 Å². The summed E-state index contributed by atoms with van der Waals surface area (Å²) in [5.41, 5.74) is 1.05. The van der Waals surface area contributed by atoms with Crippen molar-refractivity contribution >= 4 is 17.2 Å². The average Bonchev–Trinajstić information content (AvgIpc) is 2.61. The highest BCUT2D eigenvalue weighted by atomic mass is 32.1. The molecule has 1 fully saturated rings. The van der Waals surface area contributed by atoms with Crippen LogP contribution in [0.15, 0.2) is 11.4 Å². The molecule has 3 nitrogen and oxygen atoms in total. The molecule has 88 valence electrons. The molecule has 1 aromatic rings. The summed E-state index contributed by atoms with van der Waals surface area (Å²) in [5.74, 6) is 0.582. The quantitative estimate of drug-likeness (QED) is 0.875. The van der Waals surface area contributed by atoms with Crippen LogP contribution in [-0.2, 0) is 0 Å². The smallest absolute Gasteiger partial charge is 0.263 e. The number of amides is 1. The largest absolute Gasteiger partial charge is 0.393 e. The Morgan fingerprint density at radius 1 is 1.62 bits per heavy atom. The summed E-state index contributed by atoms with van der Waals surface area (Å²) in [6.45, 7) is 2.72. The summed E-state index contributed by atoms with van der Waals surface area (Å²) in [6.07, 6.45) is 1.53. The summed E-state index contributed by atoms with van der Waals surface area (Å²) < 4.78 is 0. The van der Waals surface area contributed by atoms with E-state index in [1.807, 2.05) is 25.4 Å². The molecule has 0 radical (unpaired) electrons. The van der Waals surface area contributed by atoms with Crippen molar-refractivity contribution in [2.75, 3.05) is 13.6 Å². The van der Waals surface area contributed by atoms with Gasteiger partial charge < -0.3 is 10.0 Å². The van der Waals surface area contributed by atoms with Crippen LogP contribution in [-0.4, -0.2) is 35.6 Å². The number of thiophene rings is 1. The summed E-state index contributed by atoms with van der Waals surface area (Å²) in [7, 11) is 1.84. The number of hydrogen-bond acceptors (Lipinski definition) is 3. The zero-order chi connectivity index (χ0) is 11.7. The van der Waals surface area contributed by atoms with E-state index in [0.29, 0.717) is 5.92 Å². The molecule has 1 N–H and O–H groups in total. The Morgan fingerprint density at radius 2 is 2.31 bits per heavy atom. The first-order valence-corrected chi connectivity index (χ1v) is 6.43. The number of hydrogen-bond donors (Lipinski definition) is 1. The third-order valence-corrected chi connectivity index (χ3v) is 4.15. The lowest BCUT2D eigenvalue weighted by molar-refractivity contribution is 0.0266. The van der Waals surface area contributed by atoms with E-state index in [2.05, 4.69) is 0 Å². The zero-order valence-electron chi connectivity index (χ0n) is 9.64. The Balaban J connectivity index is 1.92. The van der Waals surface area contributed by atoms with Gasteiger partial charge in [-0.05, 0) is 42.7 Å². The van der Waals surface area contributed by atoms with Gasteiger partial charge in [-0.2, -0.15) is 0 Å². The van der Waals surface area contributed by atoms with Crippen LogP contribution in [0.3, 0.4) is 0 Å². The molecule has 0 saturated heterocycles. The molecular weight excluding hydrogens is 222 g/mol. The topological polar surface area (TPSA) is 40.5 Å². The molecule has 0 bridgehead atoms. The van der Waals surface area contributed by atoms with Crippen LogP contribution in [0.5, 0.6) is 0 Å². The van der Waals surface area contributed by atoms with Gasteiger partial charge in [0.1, 0.15) is 0 Å². The highest BCUT2D eigenvalue weighted by Gasteiger charge is 2.29. The second-order valence-electron chi connectivity index (χ2n) is 4.61. The second-order valence-corrected chi connectivity index (χ2v) is 5.53. The highest BCUT2D eigenvalue weighted by Crippen LogP contribution is 2.28. The molecule has 0 spiro atoms. The standard InChI is InChI=1S/C12H17NO2S/c1-8-3-4-16-11(8)12(15)13(2)7-9-5-10(14)6-9/h3-4,9-10,14H,5-7H2,1-2H3. The van der Waals surface area contributed by atoms with Crippen LogP contribution in [0, 0.1) is 12.8 Å². The molecule has 2 rings (SSSR count). The monoisotopic (exact) mass is 239 g/mol. The molecular formula is C12H17NO2S. The van der Waals surface area contributed by atoms with E-state index in [1.54, 1.807) is 4.90 Å². The van der Waals surface area contributed by atoms with E-state index < -0.39 is 0 Å². The number of aliphatic hydroxyl groups is 1. The predicted molar refractivity (Wildman–Crippen MR) is 64.7 cm³/mol. The molecule has 0 atom stereocenters. The lowest BCUT2D eigenvalue weighted by Crippen LogP contribution is -2.39. The maximum absolute atomic E-state index is 12.1. The van der Waals surface area contributed by atoms with Crippen molar-refractivity contribution in [3.63, 3.8) is 0 Å². The number of aryl methyl sites for hydroxylation is 1. The number of carbonyl (C=O) groups excluding carboxylic acids is 1. The minimum atomic E-state index is -0.142. The summed E-state index contributed by atoms with van der Waals surface area (Å²) >= 11 is 1.50. The lowest BCUT2D eigenvalue weighted by Gasteiger charge is -2.34. The van der Waals surface area contributed by atoms with Crippen LogP contribution in [0.1, 0.15) is 28.1 Å². The summed E-state index contributed by atoms with van der Waals surface area (Å²) in [5, 5.41) is 11.1. The Morgan fingerprint density at radius 3 is 2.81 bits per heavy atom. The van der Waals surface area contributed by atoms with E-state index in [-0.39, 0.29) is 12.0 Å². The van der Waals surface area contributed by atoms with E-state index in [1.165, 1.54) is 11.3 Å². The molecule has 1 heterocycles. The van der Waals surface area contributed by atoms with Crippen molar-refractivity contribution in [3.8, 4) is 0 Å². The number of carbonyl (C=O) groups is 1. The average molecular weight is 239 g/mol. The Bertz CT molecular complexity index is 382. The molecule has 0 aromatic carbocycles. The fourth-order valence-electron chi connectivity index (χ4n) is 2.08. The van der Waals surface area contributed by atoms with Crippen LogP contribution < -0.4 is 0 Å². The lowest BCUT2D eigenvalue weighted by atomic mass is 9.82. The maximum atomic E-state index is 12.1. The van der Waals surface area contributed by atoms with Gasteiger partial charge in [-0.1, -0.05) is 0 Å². The van der Waals surface area contributed by atoms with Gasteiger partial charge in [0.2, 0.25) is 0 Å². The number of rotatable bonds is 3. The van der Waals surface area contributed by atoms with Crippen molar-refractivity contribution in [2.24, 2.45) is 5.92 Å². The normalized spacial score (nSPS) is 23.9. The van der Waals surface area contributed by atoms with Crippen LogP contribution in [0.2, 0.25) is 0 Å². The van der Waals surface area contributed by atoms with Gasteiger partial charge in [-0.25, -0.2) is 0 Å². The minimum absolute atomic E-state index is 0.105. The molecule has 1 aliphatic carbocycles. The second kappa shape index (κ2) is 4.55. The summed E-state index contributed by atoms with van der Waals surface area (Å²) in [6, 6.07) is 1.97. The van der Waals surface area contributed by atoms with Gasteiger partial charge in [-0.3, -0.25) is 4.79 Å². The van der Waals surface area contributed by atoms with Gasteiger partial charge in [-0.15, -0.1) is 11.3 Å². The first-order valence-electron chi connectivity index (χ1n) is 5.55. The van der Waals surface area contributed by atoms with Crippen molar-refractivity contribution in [2.45, 2.75) is 25.9 Å². The van der Waals surface area contributed by atoms with Crippen LogP contribution in [0.25, 0.3) is 0 Å². The van der Waals surface area contributed by atoms with Crippen molar-refractivity contribution in [1.29, 1.82) is 0 Å². The molecule has 16 heavy (non-hydrogen) atoms. The zero-order valence-corrected chi connectivity index (χ0v) is 10.5. The molecule has 1 aliphatic rings. The summed E-state index contributed by atoms with van der Waals surface area (Å²) in [4.78, 5) is 14.7. The molecule has 4 heteroatoms. The van der Waals surface area contributed by atoms with Gasteiger partial charge in [0.25, 0.3) is 5.91 Å². The Labute approximate surface area is 99.7 Å². The van der Waals surface area contributed by atoms with E-state index in [0.717, 1.165) is 29.8 Å². The minimum Gasteiger partial charge on any atom is -0.393 e. The molecule has 0 aliphatic heterocycles. The first-order chi connectivity index (χ1) is 7.58. The third-order valence-electron chi connectivity index (χ3n) is 3.15. The SMILES string of the molecule is Cc1ccsc1C(=O)N(C)CC1CC(O)C1. The van der Waals surface area contributed by atoms with Gasteiger partial charge in [0.05, 0.1) is 11.0 Å². The predicted octanol–water partition coefficient (Wildman–Crippen LogP) is 1.90. The highest BCUT2D eigenvalue weighted by molar-refractivity contribution is 7.12. The van der Waals surface area contributed by atoms with Crippen molar-refractivity contribution < 1.29 is 9.90 Å². The maximum Gasteiger partial charge on any atom is 0.263 e. The third kappa shape index (κ3) is 2.28. The van der Waals surface area contributed by atoms with Crippen LogP contribution in [0.4, 0.5) is 0 Å².